The van der Waals surface area contributed by atoms with Crippen LogP contribution in [-0.4, -0.2) is 41.7 Å². The van der Waals surface area contributed by atoms with E-state index in [0.717, 1.165) is 6.07 Å². The molecule has 1 unspecified atom stereocenters. The van der Waals surface area contributed by atoms with Gasteiger partial charge in [-0.3, -0.25) is 4.79 Å². The molecule has 1 saturated heterocycles. The molecule has 4 nitrogen and oxygen atoms in total. The number of rotatable bonds is 1. The van der Waals surface area contributed by atoms with Crippen LogP contribution >= 0.6 is 0 Å². The predicted octanol–water partition coefficient (Wildman–Crippen LogP) is 1.39. The Morgan fingerprint density at radius 1 is 1.59 bits per heavy atom. The van der Waals surface area contributed by atoms with Crippen molar-refractivity contribution in [1.82, 2.24) is 4.90 Å². The van der Waals surface area contributed by atoms with Crippen LogP contribution in [0.4, 0.5) is 4.39 Å². The topological polar surface area (TPSA) is 49.8 Å². The minimum absolute atomic E-state index is 0.0171. The number of benzene rings is 1. The first-order valence-corrected chi connectivity index (χ1v) is 5.47. The van der Waals surface area contributed by atoms with Gasteiger partial charge in [0.15, 0.2) is 0 Å². The van der Waals surface area contributed by atoms with Crippen LogP contribution in [0.25, 0.3) is 0 Å². The third-order valence-corrected chi connectivity index (χ3v) is 2.81. The normalized spacial score (nSPS) is 20.4. The molecule has 0 aromatic heterocycles. The van der Waals surface area contributed by atoms with E-state index >= 15 is 0 Å². The summed E-state index contributed by atoms with van der Waals surface area (Å²) in [5, 5.41) is 9.10. The molecule has 0 saturated carbocycles. The summed E-state index contributed by atoms with van der Waals surface area (Å²) in [4.78, 5) is 13.7. The lowest BCUT2D eigenvalue weighted by molar-refractivity contribution is 0.00335. The highest BCUT2D eigenvalue weighted by Crippen LogP contribution is 2.18. The zero-order valence-electron chi connectivity index (χ0n) is 9.52. The smallest absolute Gasteiger partial charge is 0.257 e. The van der Waals surface area contributed by atoms with Gasteiger partial charge in [0.05, 0.1) is 24.8 Å². The van der Waals surface area contributed by atoms with Crippen molar-refractivity contribution >= 4 is 5.91 Å². The minimum Gasteiger partial charge on any atom is -0.508 e. The second-order valence-electron chi connectivity index (χ2n) is 4.09. The van der Waals surface area contributed by atoms with Crippen molar-refractivity contribution in [2.45, 2.75) is 13.0 Å². The molecule has 0 bridgehead atoms. The number of amides is 1. The number of hydrogen-bond donors (Lipinski definition) is 1. The Morgan fingerprint density at radius 3 is 3.00 bits per heavy atom. The Balaban J connectivity index is 2.24. The molecule has 0 radical (unpaired) electrons. The number of ether oxygens (including phenoxy) is 1. The average molecular weight is 239 g/mol. The molecule has 1 aliphatic heterocycles. The van der Waals surface area contributed by atoms with Crippen LogP contribution < -0.4 is 0 Å². The first-order valence-electron chi connectivity index (χ1n) is 5.47. The SMILES string of the molecule is CC1COCCN1C(=O)c1ccc(O)cc1F. The monoisotopic (exact) mass is 239 g/mol. The molecular formula is C12H14FNO3. The van der Waals surface area contributed by atoms with Crippen LogP contribution in [0.1, 0.15) is 17.3 Å². The minimum atomic E-state index is -0.700. The maximum Gasteiger partial charge on any atom is 0.257 e. The van der Waals surface area contributed by atoms with Crippen molar-refractivity contribution in [2.75, 3.05) is 19.8 Å². The summed E-state index contributed by atoms with van der Waals surface area (Å²) in [7, 11) is 0. The number of carbonyl (C=O) groups excluding carboxylic acids is 1. The van der Waals surface area contributed by atoms with E-state index in [4.69, 9.17) is 9.84 Å². The van der Waals surface area contributed by atoms with Gasteiger partial charge in [0.2, 0.25) is 0 Å². The third-order valence-electron chi connectivity index (χ3n) is 2.81. The lowest BCUT2D eigenvalue weighted by Gasteiger charge is -2.33. The molecule has 17 heavy (non-hydrogen) atoms. The van der Waals surface area contributed by atoms with Gasteiger partial charge in [0, 0.05) is 12.6 Å². The lowest BCUT2D eigenvalue weighted by Crippen LogP contribution is -2.47. The predicted molar refractivity (Wildman–Crippen MR) is 59.4 cm³/mol. The summed E-state index contributed by atoms with van der Waals surface area (Å²) in [6.07, 6.45) is 0. The molecule has 1 fully saturated rings. The molecule has 1 aromatic rings. The Morgan fingerprint density at radius 2 is 2.35 bits per heavy atom. The number of aromatic hydroxyl groups is 1. The highest BCUT2D eigenvalue weighted by Gasteiger charge is 2.26. The van der Waals surface area contributed by atoms with E-state index < -0.39 is 5.82 Å². The van der Waals surface area contributed by atoms with E-state index in [9.17, 15) is 9.18 Å². The quantitative estimate of drug-likeness (QED) is 0.805. The fraction of sp³-hybridized carbons (Fsp3) is 0.417. The van der Waals surface area contributed by atoms with E-state index in [0.29, 0.717) is 19.8 Å². The summed E-state index contributed by atoms with van der Waals surface area (Å²) in [5.41, 5.74) is -0.0171. The molecule has 92 valence electrons. The summed E-state index contributed by atoms with van der Waals surface area (Å²) < 4.78 is 18.8. The molecule has 1 atom stereocenters. The molecular weight excluding hydrogens is 225 g/mol. The van der Waals surface area contributed by atoms with Gasteiger partial charge < -0.3 is 14.7 Å². The van der Waals surface area contributed by atoms with Crippen molar-refractivity contribution in [2.24, 2.45) is 0 Å². The summed E-state index contributed by atoms with van der Waals surface area (Å²) in [6, 6.07) is 3.49. The van der Waals surface area contributed by atoms with Gasteiger partial charge in [-0.2, -0.15) is 0 Å². The fourth-order valence-corrected chi connectivity index (χ4v) is 1.86. The number of halogens is 1. The Bertz CT molecular complexity index is 436. The zero-order chi connectivity index (χ0) is 12.4. The summed E-state index contributed by atoms with van der Waals surface area (Å²) >= 11 is 0. The molecule has 1 aliphatic rings. The molecule has 1 heterocycles. The molecule has 0 aliphatic carbocycles. The second kappa shape index (κ2) is 4.71. The number of phenolic OH excluding ortho intramolecular Hbond substituents is 1. The van der Waals surface area contributed by atoms with E-state index in [2.05, 4.69) is 0 Å². The Hall–Kier alpha value is -1.62. The van der Waals surface area contributed by atoms with Crippen LogP contribution in [0.2, 0.25) is 0 Å². The molecule has 1 N–H and O–H groups in total. The average Bonchev–Trinajstić information content (AvgIpc) is 2.29. The third kappa shape index (κ3) is 2.39. The van der Waals surface area contributed by atoms with Gasteiger partial charge in [-0.05, 0) is 19.1 Å². The lowest BCUT2D eigenvalue weighted by atomic mass is 10.1. The first kappa shape index (κ1) is 11.9. The summed E-state index contributed by atoms with van der Waals surface area (Å²) in [5.74, 6) is -1.25. The van der Waals surface area contributed by atoms with E-state index in [-0.39, 0.29) is 23.3 Å². The second-order valence-corrected chi connectivity index (χ2v) is 4.09. The highest BCUT2D eigenvalue weighted by atomic mass is 19.1. The maximum absolute atomic E-state index is 13.5. The van der Waals surface area contributed by atoms with Crippen molar-refractivity contribution in [1.29, 1.82) is 0 Å². The van der Waals surface area contributed by atoms with Gasteiger partial charge in [-0.25, -0.2) is 4.39 Å². The largest absolute Gasteiger partial charge is 0.508 e. The van der Waals surface area contributed by atoms with E-state index in [1.165, 1.54) is 12.1 Å². The van der Waals surface area contributed by atoms with Crippen LogP contribution in [0, 0.1) is 5.82 Å². The van der Waals surface area contributed by atoms with Crippen LogP contribution in [-0.2, 0) is 4.74 Å². The van der Waals surface area contributed by atoms with Gasteiger partial charge in [-0.1, -0.05) is 0 Å². The van der Waals surface area contributed by atoms with Crippen molar-refractivity contribution < 1.29 is 19.0 Å². The molecule has 1 aromatic carbocycles. The van der Waals surface area contributed by atoms with E-state index in [1.807, 2.05) is 6.92 Å². The Kier molecular flexibility index (Phi) is 3.28. The standard InChI is InChI=1S/C12H14FNO3/c1-8-7-17-5-4-14(8)12(16)10-3-2-9(15)6-11(10)13/h2-3,6,8,15H,4-5,7H2,1H3. The van der Waals surface area contributed by atoms with Crippen LogP contribution in [0.15, 0.2) is 18.2 Å². The Labute approximate surface area is 98.6 Å². The molecule has 0 spiro atoms. The molecule has 5 heteroatoms. The van der Waals surface area contributed by atoms with E-state index in [1.54, 1.807) is 4.90 Å². The molecule has 2 rings (SSSR count). The van der Waals surface area contributed by atoms with Gasteiger partial charge in [-0.15, -0.1) is 0 Å². The fourth-order valence-electron chi connectivity index (χ4n) is 1.86. The van der Waals surface area contributed by atoms with Crippen LogP contribution in [0.5, 0.6) is 5.75 Å². The maximum atomic E-state index is 13.5. The van der Waals surface area contributed by atoms with Gasteiger partial charge in [0.1, 0.15) is 11.6 Å². The number of morpholine rings is 1. The van der Waals surface area contributed by atoms with Crippen molar-refractivity contribution in [3.05, 3.63) is 29.6 Å². The van der Waals surface area contributed by atoms with Gasteiger partial charge in [0.25, 0.3) is 5.91 Å². The summed E-state index contributed by atoms with van der Waals surface area (Å²) in [6.45, 7) is 3.25. The van der Waals surface area contributed by atoms with Gasteiger partial charge >= 0.3 is 0 Å². The first-order chi connectivity index (χ1) is 8.09. The van der Waals surface area contributed by atoms with Crippen LogP contribution in [0.3, 0.4) is 0 Å². The van der Waals surface area contributed by atoms with Crippen molar-refractivity contribution in [3.8, 4) is 5.75 Å². The number of nitrogens with zero attached hydrogens (tertiary/aromatic N) is 1. The molecule has 1 amide bonds. The zero-order valence-corrected chi connectivity index (χ0v) is 9.52. The highest BCUT2D eigenvalue weighted by molar-refractivity contribution is 5.94. The number of carbonyl (C=O) groups is 1. The number of phenols is 1. The van der Waals surface area contributed by atoms with Crippen molar-refractivity contribution in [3.63, 3.8) is 0 Å². The number of hydrogen-bond acceptors (Lipinski definition) is 3.